The predicted octanol–water partition coefficient (Wildman–Crippen LogP) is 5.35. The number of benzene rings is 1. The monoisotopic (exact) mass is 482 g/mol. The smallest absolute Gasteiger partial charge is 0.458 e. The van der Waals surface area contributed by atoms with E-state index in [4.69, 9.17) is 9.39 Å². The number of allylic oxidation sites excluding steroid dienone is 2. The highest BCUT2D eigenvalue weighted by Gasteiger charge is 2.27. The fraction of sp³-hybridized carbons (Fsp3) is 0.429. The van der Waals surface area contributed by atoms with Crippen molar-refractivity contribution in [3.63, 3.8) is 0 Å². The fourth-order valence-electron chi connectivity index (χ4n) is 3.33. The summed E-state index contributed by atoms with van der Waals surface area (Å²) in [5.41, 5.74) is 4.41. The van der Waals surface area contributed by atoms with Gasteiger partial charge in [0.05, 0.1) is 16.8 Å². The standard InChI is InChI=1S/C21H28BIO4/c1-5-6-15(11-16-12-18(23)21(24)20(13-16)26-4)7-8-19-17(14(2)3)9-10-22(25)27-19/h9,11-13,19,24-25H,2,5-8,10H2,1,3-4H3/b15-11+. The summed E-state index contributed by atoms with van der Waals surface area (Å²) >= 11 is 2.11. The Bertz CT molecular complexity index is 742. The van der Waals surface area contributed by atoms with Crippen LogP contribution in [-0.2, 0) is 4.65 Å². The Morgan fingerprint density at radius 3 is 2.81 bits per heavy atom. The maximum atomic E-state index is 10.0. The first kappa shape index (κ1) is 22.0. The highest BCUT2D eigenvalue weighted by atomic mass is 127. The molecular weight excluding hydrogens is 454 g/mol. The van der Waals surface area contributed by atoms with E-state index in [0.717, 1.165) is 46.0 Å². The minimum absolute atomic E-state index is 0.124. The van der Waals surface area contributed by atoms with Gasteiger partial charge in [-0.1, -0.05) is 43.2 Å². The lowest BCUT2D eigenvalue weighted by molar-refractivity contribution is 0.183. The van der Waals surface area contributed by atoms with Crippen molar-refractivity contribution in [3.8, 4) is 11.5 Å². The van der Waals surface area contributed by atoms with Crippen LogP contribution in [0, 0.1) is 3.57 Å². The molecule has 0 saturated heterocycles. The van der Waals surface area contributed by atoms with Crippen molar-refractivity contribution in [3.05, 3.63) is 50.6 Å². The van der Waals surface area contributed by atoms with E-state index < -0.39 is 7.12 Å². The van der Waals surface area contributed by atoms with Crippen molar-refractivity contribution in [1.82, 2.24) is 0 Å². The minimum atomic E-state index is -0.736. The first-order valence-electron chi connectivity index (χ1n) is 9.31. The van der Waals surface area contributed by atoms with Gasteiger partial charge in [-0.2, -0.15) is 0 Å². The number of hydrogen-bond donors (Lipinski definition) is 2. The molecule has 2 N–H and O–H groups in total. The second kappa shape index (κ2) is 10.3. The molecule has 0 amide bonds. The van der Waals surface area contributed by atoms with E-state index in [1.807, 2.05) is 25.1 Å². The quantitative estimate of drug-likeness (QED) is 0.388. The Morgan fingerprint density at radius 2 is 2.19 bits per heavy atom. The van der Waals surface area contributed by atoms with Crippen molar-refractivity contribution >= 4 is 35.8 Å². The van der Waals surface area contributed by atoms with Crippen LogP contribution in [0.5, 0.6) is 11.5 Å². The van der Waals surface area contributed by atoms with E-state index in [1.165, 1.54) is 5.57 Å². The molecule has 1 aliphatic rings. The maximum Gasteiger partial charge on any atom is 0.458 e. The molecule has 1 atom stereocenters. The van der Waals surface area contributed by atoms with E-state index in [1.54, 1.807) is 7.11 Å². The van der Waals surface area contributed by atoms with Gasteiger partial charge in [-0.3, -0.25) is 0 Å². The predicted molar refractivity (Wildman–Crippen MR) is 120 cm³/mol. The molecule has 0 bridgehead atoms. The average molecular weight is 482 g/mol. The highest BCUT2D eigenvalue weighted by molar-refractivity contribution is 14.1. The van der Waals surface area contributed by atoms with E-state index in [0.29, 0.717) is 12.1 Å². The van der Waals surface area contributed by atoms with Gasteiger partial charge in [0.25, 0.3) is 0 Å². The van der Waals surface area contributed by atoms with Gasteiger partial charge in [0.2, 0.25) is 0 Å². The van der Waals surface area contributed by atoms with Gasteiger partial charge in [0, 0.05) is 6.32 Å². The van der Waals surface area contributed by atoms with E-state index in [9.17, 15) is 10.1 Å². The van der Waals surface area contributed by atoms with Crippen LogP contribution in [0.2, 0.25) is 6.32 Å². The molecule has 1 aromatic carbocycles. The van der Waals surface area contributed by atoms with Gasteiger partial charge < -0.3 is 19.5 Å². The Morgan fingerprint density at radius 1 is 1.44 bits per heavy atom. The minimum Gasteiger partial charge on any atom is -0.504 e. The zero-order valence-electron chi connectivity index (χ0n) is 16.3. The van der Waals surface area contributed by atoms with Crippen LogP contribution in [-0.4, -0.2) is 30.5 Å². The SMILES string of the molecule is C=C(C)C1=CCB(O)OC1CC/C(=C/c1cc(I)c(O)c(OC)c1)CCC. The topological polar surface area (TPSA) is 58.9 Å². The van der Waals surface area contributed by atoms with Crippen LogP contribution >= 0.6 is 22.6 Å². The summed E-state index contributed by atoms with van der Waals surface area (Å²) in [4.78, 5) is 0. The van der Waals surface area contributed by atoms with Crippen LogP contribution in [0.3, 0.4) is 0 Å². The number of methoxy groups -OCH3 is 1. The number of rotatable bonds is 8. The number of ether oxygens (including phenoxy) is 1. The van der Waals surface area contributed by atoms with E-state index in [2.05, 4.69) is 42.2 Å². The molecule has 146 valence electrons. The van der Waals surface area contributed by atoms with Gasteiger partial charge in [0.15, 0.2) is 11.5 Å². The van der Waals surface area contributed by atoms with Crippen LogP contribution in [0.15, 0.2) is 41.5 Å². The molecule has 27 heavy (non-hydrogen) atoms. The normalized spacial score (nSPS) is 17.7. The van der Waals surface area contributed by atoms with Crippen LogP contribution in [0.1, 0.15) is 45.1 Å². The number of hydrogen-bond acceptors (Lipinski definition) is 4. The Kier molecular flexibility index (Phi) is 8.44. The molecule has 1 unspecified atom stereocenters. The first-order chi connectivity index (χ1) is 12.8. The summed E-state index contributed by atoms with van der Waals surface area (Å²) in [5, 5.41) is 19.9. The molecule has 0 saturated carbocycles. The number of phenols is 1. The molecule has 0 aliphatic carbocycles. The molecule has 4 nitrogen and oxygen atoms in total. The third-order valence-electron chi connectivity index (χ3n) is 4.64. The van der Waals surface area contributed by atoms with Gasteiger partial charge in [-0.05, 0) is 72.0 Å². The number of aromatic hydroxyl groups is 1. The Labute approximate surface area is 176 Å². The van der Waals surface area contributed by atoms with Gasteiger partial charge >= 0.3 is 7.12 Å². The number of halogens is 1. The van der Waals surface area contributed by atoms with Gasteiger partial charge in [-0.15, -0.1) is 0 Å². The Hall–Kier alpha value is -1.25. The third-order valence-corrected chi connectivity index (χ3v) is 5.46. The van der Waals surface area contributed by atoms with Crippen molar-refractivity contribution in [2.75, 3.05) is 7.11 Å². The molecule has 1 heterocycles. The third kappa shape index (κ3) is 6.12. The molecule has 1 aliphatic heterocycles. The van der Waals surface area contributed by atoms with E-state index in [-0.39, 0.29) is 11.9 Å². The molecule has 6 heteroatoms. The zero-order chi connectivity index (χ0) is 20.0. The lowest BCUT2D eigenvalue weighted by Gasteiger charge is -2.27. The average Bonchev–Trinajstić information content (AvgIpc) is 2.62. The summed E-state index contributed by atoms with van der Waals surface area (Å²) in [6.45, 7) is 8.18. The molecule has 0 radical (unpaired) electrons. The van der Waals surface area contributed by atoms with Crippen molar-refractivity contribution in [1.29, 1.82) is 0 Å². The second-order valence-corrected chi connectivity index (χ2v) is 8.06. The summed E-state index contributed by atoms with van der Waals surface area (Å²) in [5.74, 6) is 0.656. The maximum absolute atomic E-state index is 10.0. The van der Waals surface area contributed by atoms with Crippen LogP contribution < -0.4 is 4.74 Å². The van der Waals surface area contributed by atoms with E-state index >= 15 is 0 Å². The van der Waals surface area contributed by atoms with Crippen molar-refractivity contribution in [2.24, 2.45) is 0 Å². The second-order valence-electron chi connectivity index (χ2n) is 6.90. The summed E-state index contributed by atoms with van der Waals surface area (Å²) in [7, 11) is 0.822. The zero-order valence-corrected chi connectivity index (χ0v) is 18.5. The van der Waals surface area contributed by atoms with Crippen molar-refractivity contribution < 1.29 is 19.5 Å². The summed E-state index contributed by atoms with van der Waals surface area (Å²) < 4.78 is 11.8. The first-order valence-corrected chi connectivity index (χ1v) is 10.4. The van der Waals surface area contributed by atoms with Crippen molar-refractivity contribution in [2.45, 2.75) is 52.0 Å². The highest BCUT2D eigenvalue weighted by Crippen LogP contribution is 2.34. The molecule has 0 spiro atoms. The molecule has 1 aromatic rings. The number of phenolic OH excluding ortho intramolecular Hbond substituents is 1. The molecular formula is C21H28BIO4. The molecule has 2 rings (SSSR count). The van der Waals surface area contributed by atoms with Crippen LogP contribution in [0.25, 0.3) is 6.08 Å². The lowest BCUT2D eigenvalue weighted by Crippen LogP contribution is -2.31. The summed E-state index contributed by atoms with van der Waals surface area (Å²) in [6, 6.07) is 3.81. The largest absolute Gasteiger partial charge is 0.504 e. The Balaban J connectivity index is 2.19. The van der Waals surface area contributed by atoms with Gasteiger partial charge in [-0.25, -0.2) is 0 Å². The molecule has 0 fully saturated rings. The summed E-state index contributed by atoms with van der Waals surface area (Å²) in [6.07, 6.45) is 8.30. The van der Waals surface area contributed by atoms with Crippen LogP contribution in [0.4, 0.5) is 0 Å². The van der Waals surface area contributed by atoms with Gasteiger partial charge in [0.1, 0.15) is 0 Å². The lowest BCUT2D eigenvalue weighted by atomic mass is 9.78. The fourth-order valence-corrected chi connectivity index (χ4v) is 3.95. The molecule has 0 aromatic heterocycles.